The van der Waals surface area contributed by atoms with Crippen LogP contribution in [0.25, 0.3) is 0 Å². The molecular formula is C8H14O3. The van der Waals surface area contributed by atoms with Crippen LogP contribution in [0.4, 0.5) is 0 Å². The number of ether oxygens (including phenoxy) is 1. The van der Waals surface area contributed by atoms with E-state index in [4.69, 9.17) is 4.74 Å². The number of carbonyl (C=O) groups is 1. The van der Waals surface area contributed by atoms with Gasteiger partial charge in [0.25, 0.3) is 0 Å². The SMILES string of the molecule is C=C[C@@H](OC(C)=O)[C@H](O)CC. The van der Waals surface area contributed by atoms with Gasteiger partial charge < -0.3 is 9.84 Å². The van der Waals surface area contributed by atoms with Crippen LogP contribution in [-0.2, 0) is 9.53 Å². The van der Waals surface area contributed by atoms with E-state index in [-0.39, 0.29) is 0 Å². The van der Waals surface area contributed by atoms with Gasteiger partial charge in [-0.25, -0.2) is 0 Å². The van der Waals surface area contributed by atoms with Gasteiger partial charge in [0.05, 0.1) is 6.10 Å². The second kappa shape index (κ2) is 4.91. The van der Waals surface area contributed by atoms with Gasteiger partial charge in [0.2, 0.25) is 0 Å². The lowest BCUT2D eigenvalue weighted by Gasteiger charge is -2.17. The highest BCUT2D eigenvalue weighted by atomic mass is 16.6. The van der Waals surface area contributed by atoms with E-state index < -0.39 is 18.2 Å². The molecule has 1 N–H and O–H groups in total. The number of aliphatic hydroxyl groups is 1. The first-order chi connectivity index (χ1) is 5.11. The van der Waals surface area contributed by atoms with Crippen LogP contribution in [0.1, 0.15) is 20.3 Å². The summed E-state index contributed by atoms with van der Waals surface area (Å²) in [5.74, 6) is -0.401. The second-order valence-corrected chi connectivity index (χ2v) is 2.29. The predicted octanol–water partition coefficient (Wildman–Crippen LogP) is 0.875. The number of rotatable bonds is 4. The van der Waals surface area contributed by atoms with E-state index in [1.54, 1.807) is 0 Å². The average molecular weight is 158 g/mol. The minimum absolute atomic E-state index is 0.401. The Morgan fingerprint density at radius 3 is 2.64 bits per heavy atom. The van der Waals surface area contributed by atoms with E-state index in [0.29, 0.717) is 6.42 Å². The van der Waals surface area contributed by atoms with Crippen LogP contribution in [0.3, 0.4) is 0 Å². The van der Waals surface area contributed by atoms with Crippen molar-refractivity contribution in [2.75, 3.05) is 0 Å². The first-order valence-electron chi connectivity index (χ1n) is 3.59. The first-order valence-corrected chi connectivity index (χ1v) is 3.59. The van der Waals surface area contributed by atoms with Crippen LogP contribution >= 0.6 is 0 Å². The Bertz CT molecular complexity index is 142. The van der Waals surface area contributed by atoms with Gasteiger partial charge in [-0.15, -0.1) is 0 Å². The fourth-order valence-corrected chi connectivity index (χ4v) is 0.708. The molecule has 2 atom stereocenters. The molecule has 0 saturated heterocycles. The van der Waals surface area contributed by atoms with Crippen molar-refractivity contribution < 1.29 is 14.6 Å². The van der Waals surface area contributed by atoms with Crippen molar-refractivity contribution in [3.63, 3.8) is 0 Å². The number of hydrogen-bond acceptors (Lipinski definition) is 3. The molecule has 3 nitrogen and oxygen atoms in total. The Balaban J connectivity index is 3.94. The fourth-order valence-electron chi connectivity index (χ4n) is 0.708. The van der Waals surface area contributed by atoms with E-state index >= 15 is 0 Å². The maximum Gasteiger partial charge on any atom is 0.303 e. The molecule has 0 aliphatic heterocycles. The zero-order valence-electron chi connectivity index (χ0n) is 6.91. The summed E-state index contributed by atoms with van der Waals surface area (Å²) in [4.78, 5) is 10.5. The van der Waals surface area contributed by atoms with Gasteiger partial charge in [-0.1, -0.05) is 13.5 Å². The molecule has 11 heavy (non-hydrogen) atoms. The monoisotopic (exact) mass is 158 g/mol. The largest absolute Gasteiger partial charge is 0.456 e. The van der Waals surface area contributed by atoms with Crippen molar-refractivity contribution in [3.05, 3.63) is 12.7 Å². The number of hydrogen-bond donors (Lipinski definition) is 1. The molecule has 64 valence electrons. The summed E-state index contributed by atoms with van der Waals surface area (Å²) in [6.07, 6.45) is 0.758. The lowest BCUT2D eigenvalue weighted by Crippen LogP contribution is -2.27. The molecule has 0 aromatic rings. The molecule has 0 aromatic carbocycles. The van der Waals surface area contributed by atoms with E-state index in [0.717, 1.165) is 0 Å². The van der Waals surface area contributed by atoms with Crippen LogP contribution in [-0.4, -0.2) is 23.3 Å². The van der Waals surface area contributed by atoms with Crippen LogP contribution in [0.5, 0.6) is 0 Å². The lowest BCUT2D eigenvalue weighted by molar-refractivity contribution is -0.148. The average Bonchev–Trinajstić information content (AvgIpc) is 1.98. The van der Waals surface area contributed by atoms with Gasteiger partial charge in [-0.2, -0.15) is 0 Å². The summed E-state index contributed by atoms with van der Waals surface area (Å²) < 4.78 is 4.75. The third-order valence-electron chi connectivity index (χ3n) is 1.33. The highest BCUT2D eigenvalue weighted by Gasteiger charge is 2.15. The maximum absolute atomic E-state index is 10.5. The molecule has 0 heterocycles. The van der Waals surface area contributed by atoms with E-state index in [9.17, 15) is 9.90 Å². The number of carbonyl (C=O) groups excluding carboxylic acids is 1. The molecular weight excluding hydrogens is 144 g/mol. The summed E-state index contributed by atoms with van der Waals surface area (Å²) in [6.45, 7) is 6.56. The minimum atomic E-state index is -0.642. The van der Waals surface area contributed by atoms with Crippen LogP contribution in [0.15, 0.2) is 12.7 Å². The third-order valence-corrected chi connectivity index (χ3v) is 1.33. The Kier molecular flexibility index (Phi) is 4.54. The molecule has 0 saturated carbocycles. The molecule has 0 radical (unpaired) electrons. The van der Waals surface area contributed by atoms with Gasteiger partial charge in [0, 0.05) is 6.92 Å². The molecule has 0 aromatic heterocycles. The lowest BCUT2D eigenvalue weighted by atomic mass is 10.1. The van der Waals surface area contributed by atoms with Crippen LogP contribution < -0.4 is 0 Å². The molecule has 0 bridgehead atoms. The van der Waals surface area contributed by atoms with E-state index in [1.165, 1.54) is 13.0 Å². The van der Waals surface area contributed by atoms with Crippen LogP contribution in [0, 0.1) is 0 Å². The predicted molar refractivity (Wildman–Crippen MR) is 42.0 cm³/mol. The minimum Gasteiger partial charge on any atom is -0.456 e. The molecule has 0 fully saturated rings. The van der Waals surface area contributed by atoms with Gasteiger partial charge in [0.15, 0.2) is 0 Å². The van der Waals surface area contributed by atoms with Crippen molar-refractivity contribution in [1.29, 1.82) is 0 Å². The normalized spacial score (nSPS) is 15.2. The molecule has 0 aliphatic rings. The van der Waals surface area contributed by atoms with Crippen molar-refractivity contribution in [2.45, 2.75) is 32.5 Å². The smallest absolute Gasteiger partial charge is 0.303 e. The Hall–Kier alpha value is -0.830. The summed E-state index contributed by atoms with van der Waals surface area (Å²) >= 11 is 0. The standard InChI is InChI=1S/C8H14O3/c1-4-7(10)8(5-2)11-6(3)9/h5,7-8,10H,2,4H2,1,3H3/t7-,8-/m1/s1. The maximum atomic E-state index is 10.5. The topological polar surface area (TPSA) is 46.5 Å². The molecule has 0 spiro atoms. The van der Waals surface area contributed by atoms with Crippen molar-refractivity contribution in [3.8, 4) is 0 Å². The molecule has 0 amide bonds. The molecule has 0 aliphatic carbocycles. The molecule has 3 heteroatoms. The van der Waals surface area contributed by atoms with E-state index in [1.807, 2.05) is 6.92 Å². The van der Waals surface area contributed by atoms with Gasteiger partial charge in [0.1, 0.15) is 6.10 Å². The van der Waals surface area contributed by atoms with Crippen LogP contribution in [0.2, 0.25) is 0 Å². The molecule has 0 unspecified atom stereocenters. The summed E-state index contributed by atoms with van der Waals surface area (Å²) in [5, 5.41) is 9.22. The highest BCUT2D eigenvalue weighted by molar-refractivity contribution is 5.66. The van der Waals surface area contributed by atoms with Gasteiger partial charge >= 0.3 is 5.97 Å². The van der Waals surface area contributed by atoms with Crippen molar-refractivity contribution in [1.82, 2.24) is 0 Å². The Labute approximate surface area is 66.7 Å². The summed E-state index contributed by atoms with van der Waals surface area (Å²) in [5.41, 5.74) is 0. The summed E-state index contributed by atoms with van der Waals surface area (Å²) in [6, 6.07) is 0. The quantitative estimate of drug-likeness (QED) is 0.488. The zero-order chi connectivity index (χ0) is 8.85. The molecule has 0 rings (SSSR count). The zero-order valence-corrected chi connectivity index (χ0v) is 6.91. The number of aliphatic hydroxyl groups excluding tert-OH is 1. The Morgan fingerprint density at radius 2 is 2.36 bits per heavy atom. The highest BCUT2D eigenvalue weighted by Crippen LogP contribution is 2.04. The third kappa shape index (κ3) is 3.78. The van der Waals surface area contributed by atoms with Crippen molar-refractivity contribution in [2.24, 2.45) is 0 Å². The Morgan fingerprint density at radius 1 is 1.82 bits per heavy atom. The van der Waals surface area contributed by atoms with Crippen molar-refractivity contribution >= 4 is 5.97 Å². The second-order valence-electron chi connectivity index (χ2n) is 2.29. The van der Waals surface area contributed by atoms with Gasteiger partial charge in [-0.3, -0.25) is 4.79 Å². The van der Waals surface area contributed by atoms with E-state index in [2.05, 4.69) is 6.58 Å². The summed E-state index contributed by atoms with van der Waals surface area (Å²) in [7, 11) is 0. The van der Waals surface area contributed by atoms with Gasteiger partial charge in [-0.05, 0) is 12.5 Å². The number of esters is 1. The fraction of sp³-hybridized carbons (Fsp3) is 0.625. The first kappa shape index (κ1) is 10.2.